The average molecular weight is 501 g/mol. The number of benzene rings is 2. The standard InChI is InChI=1S/C27H27F3N2O2S/c1-18(2)16-31(26(34)20-9-6-10-21(15-20)27(28,29)30)17-24(33)32-13-11-23-22(12-14-35-23)25(32)19-7-4-3-5-8-19/h3-10,12,14-15,18,25H,11,13,16-17H2,1-2H3. The van der Waals surface area contributed by atoms with E-state index in [0.717, 1.165) is 29.7 Å². The summed E-state index contributed by atoms with van der Waals surface area (Å²) >= 11 is 1.67. The van der Waals surface area contributed by atoms with Gasteiger partial charge in [-0.2, -0.15) is 13.2 Å². The van der Waals surface area contributed by atoms with E-state index in [9.17, 15) is 22.8 Å². The number of thiophene rings is 1. The Morgan fingerprint density at radius 2 is 1.83 bits per heavy atom. The van der Waals surface area contributed by atoms with Gasteiger partial charge < -0.3 is 9.80 Å². The number of rotatable bonds is 6. The van der Waals surface area contributed by atoms with E-state index < -0.39 is 17.6 Å². The van der Waals surface area contributed by atoms with Crippen LogP contribution in [-0.4, -0.2) is 41.2 Å². The molecule has 0 radical (unpaired) electrons. The highest BCUT2D eigenvalue weighted by Crippen LogP contribution is 2.38. The van der Waals surface area contributed by atoms with E-state index in [1.54, 1.807) is 16.2 Å². The van der Waals surface area contributed by atoms with Crippen LogP contribution < -0.4 is 0 Å². The minimum absolute atomic E-state index is 0.0345. The Labute approximate surface area is 207 Å². The molecule has 2 heterocycles. The highest BCUT2D eigenvalue weighted by atomic mass is 32.1. The van der Waals surface area contributed by atoms with Crippen LogP contribution >= 0.6 is 11.3 Å². The molecule has 3 aromatic rings. The summed E-state index contributed by atoms with van der Waals surface area (Å²) in [7, 11) is 0. The van der Waals surface area contributed by atoms with Crippen molar-refractivity contribution in [1.82, 2.24) is 9.80 Å². The van der Waals surface area contributed by atoms with Crippen molar-refractivity contribution in [2.45, 2.75) is 32.5 Å². The van der Waals surface area contributed by atoms with Gasteiger partial charge in [-0.25, -0.2) is 0 Å². The Morgan fingerprint density at radius 1 is 1.09 bits per heavy atom. The second kappa shape index (κ2) is 10.2. The van der Waals surface area contributed by atoms with Crippen LogP contribution in [0.3, 0.4) is 0 Å². The fourth-order valence-electron chi connectivity index (χ4n) is 4.51. The van der Waals surface area contributed by atoms with Crippen molar-refractivity contribution >= 4 is 23.2 Å². The smallest absolute Gasteiger partial charge is 0.330 e. The number of nitrogens with zero attached hydrogens (tertiary/aromatic N) is 2. The molecule has 4 rings (SSSR count). The molecular formula is C27H27F3N2O2S. The number of amides is 2. The van der Waals surface area contributed by atoms with Crippen molar-refractivity contribution in [3.8, 4) is 0 Å². The maximum absolute atomic E-state index is 13.6. The first-order valence-corrected chi connectivity index (χ1v) is 12.4. The molecule has 1 aliphatic heterocycles. The normalized spacial score (nSPS) is 15.7. The minimum atomic E-state index is -4.55. The number of carbonyl (C=O) groups excluding carboxylic acids is 2. The third-order valence-electron chi connectivity index (χ3n) is 6.04. The Bertz CT molecular complexity index is 1190. The zero-order chi connectivity index (χ0) is 25.2. The van der Waals surface area contributed by atoms with Gasteiger partial charge in [0, 0.05) is 23.5 Å². The van der Waals surface area contributed by atoms with E-state index in [1.807, 2.05) is 55.6 Å². The largest absolute Gasteiger partial charge is 0.416 e. The molecule has 1 aliphatic rings. The summed E-state index contributed by atoms with van der Waals surface area (Å²) in [4.78, 5) is 31.3. The van der Waals surface area contributed by atoms with Crippen LogP contribution in [0, 0.1) is 5.92 Å². The number of fused-ring (bicyclic) bond motifs is 1. The summed E-state index contributed by atoms with van der Waals surface area (Å²) in [6.07, 6.45) is -3.82. The number of alkyl halides is 3. The lowest BCUT2D eigenvalue weighted by molar-refractivity contribution is -0.137. The van der Waals surface area contributed by atoms with Crippen molar-refractivity contribution in [2.75, 3.05) is 19.6 Å². The average Bonchev–Trinajstić information content (AvgIpc) is 3.31. The zero-order valence-corrected chi connectivity index (χ0v) is 20.4. The zero-order valence-electron chi connectivity index (χ0n) is 19.6. The molecule has 0 N–H and O–H groups in total. The van der Waals surface area contributed by atoms with Gasteiger partial charge in [0.1, 0.15) is 6.54 Å². The third-order valence-corrected chi connectivity index (χ3v) is 7.03. The van der Waals surface area contributed by atoms with Crippen molar-refractivity contribution in [1.29, 1.82) is 0 Å². The summed E-state index contributed by atoms with van der Waals surface area (Å²) < 4.78 is 39.6. The highest BCUT2D eigenvalue weighted by molar-refractivity contribution is 7.10. The first kappa shape index (κ1) is 25.0. The molecule has 1 aromatic heterocycles. The number of hydrogen-bond acceptors (Lipinski definition) is 3. The van der Waals surface area contributed by atoms with Crippen LogP contribution in [0.15, 0.2) is 66.0 Å². The predicted octanol–water partition coefficient (Wildman–Crippen LogP) is 6.04. The number of halogens is 3. The molecule has 8 heteroatoms. The molecule has 184 valence electrons. The van der Waals surface area contributed by atoms with Gasteiger partial charge in [0.2, 0.25) is 5.91 Å². The molecule has 4 nitrogen and oxygen atoms in total. The van der Waals surface area contributed by atoms with Crippen molar-refractivity contribution < 1.29 is 22.8 Å². The molecule has 1 unspecified atom stereocenters. The third kappa shape index (κ3) is 5.59. The van der Waals surface area contributed by atoms with Crippen molar-refractivity contribution in [3.63, 3.8) is 0 Å². The van der Waals surface area contributed by atoms with E-state index in [2.05, 4.69) is 0 Å². The van der Waals surface area contributed by atoms with Crippen LogP contribution in [0.5, 0.6) is 0 Å². The molecule has 35 heavy (non-hydrogen) atoms. The quantitative estimate of drug-likeness (QED) is 0.414. The fourth-order valence-corrected chi connectivity index (χ4v) is 5.41. The van der Waals surface area contributed by atoms with Gasteiger partial charge in [0.15, 0.2) is 0 Å². The van der Waals surface area contributed by atoms with Gasteiger partial charge in [-0.05, 0) is 53.1 Å². The van der Waals surface area contributed by atoms with E-state index in [1.165, 1.54) is 21.9 Å². The Kier molecular flexibility index (Phi) is 7.31. The van der Waals surface area contributed by atoms with Gasteiger partial charge in [0.25, 0.3) is 5.91 Å². The lowest BCUT2D eigenvalue weighted by atomic mass is 9.93. The molecule has 0 aliphatic carbocycles. The molecule has 1 atom stereocenters. The number of carbonyl (C=O) groups is 2. The lowest BCUT2D eigenvalue weighted by Crippen LogP contribution is -2.47. The molecule has 0 bridgehead atoms. The lowest BCUT2D eigenvalue weighted by Gasteiger charge is -2.38. The monoisotopic (exact) mass is 500 g/mol. The van der Waals surface area contributed by atoms with Crippen molar-refractivity contribution in [2.24, 2.45) is 5.92 Å². The van der Waals surface area contributed by atoms with Crippen LogP contribution in [0.2, 0.25) is 0 Å². The van der Waals surface area contributed by atoms with Gasteiger partial charge in [-0.3, -0.25) is 9.59 Å². The van der Waals surface area contributed by atoms with Crippen molar-refractivity contribution in [3.05, 3.63) is 93.2 Å². The Balaban J connectivity index is 1.62. The Morgan fingerprint density at radius 3 is 2.51 bits per heavy atom. The first-order valence-electron chi connectivity index (χ1n) is 11.5. The molecule has 0 saturated heterocycles. The van der Waals surface area contributed by atoms with Crippen LogP contribution in [0.25, 0.3) is 0 Å². The topological polar surface area (TPSA) is 40.6 Å². The maximum atomic E-state index is 13.6. The van der Waals surface area contributed by atoms with Gasteiger partial charge in [-0.15, -0.1) is 11.3 Å². The summed E-state index contributed by atoms with van der Waals surface area (Å²) in [5, 5.41) is 2.02. The first-order chi connectivity index (χ1) is 16.6. The van der Waals surface area contributed by atoms with E-state index in [4.69, 9.17) is 0 Å². The summed E-state index contributed by atoms with van der Waals surface area (Å²) in [5.41, 5.74) is 1.11. The van der Waals surface area contributed by atoms with Crippen LogP contribution in [0.4, 0.5) is 13.2 Å². The fraction of sp³-hybridized carbons (Fsp3) is 0.333. The SMILES string of the molecule is CC(C)CN(CC(=O)N1CCc2sccc2C1c1ccccc1)C(=O)c1cccc(C(F)(F)F)c1. The Hall–Kier alpha value is -3.13. The molecule has 0 spiro atoms. The number of hydrogen-bond donors (Lipinski definition) is 0. The van der Waals surface area contributed by atoms with E-state index in [0.29, 0.717) is 6.54 Å². The summed E-state index contributed by atoms with van der Waals surface area (Å²) in [6.45, 7) is 4.38. The second-order valence-electron chi connectivity index (χ2n) is 9.11. The molecule has 2 aromatic carbocycles. The summed E-state index contributed by atoms with van der Waals surface area (Å²) in [5.74, 6) is -0.772. The van der Waals surface area contributed by atoms with E-state index in [-0.39, 0.29) is 36.5 Å². The van der Waals surface area contributed by atoms with Crippen LogP contribution in [-0.2, 0) is 17.4 Å². The predicted molar refractivity (Wildman–Crippen MR) is 130 cm³/mol. The van der Waals surface area contributed by atoms with Gasteiger partial charge in [-0.1, -0.05) is 50.2 Å². The van der Waals surface area contributed by atoms with Crippen LogP contribution in [0.1, 0.15) is 51.8 Å². The summed E-state index contributed by atoms with van der Waals surface area (Å²) in [6, 6.07) is 15.9. The second-order valence-corrected chi connectivity index (χ2v) is 10.1. The molecule has 0 saturated carbocycles. The maximum Gasteiger partial charge on any atom is 0.416 e. The van der Waals surface area contributed by atoms with E-state index >= 15 is 0 Å². The highest BCUT2D eigenvalue weighted by Gasteiger charge is 2.35. The van der Waals surface area contributed by atoms with Gasteiger partial charge >= 0.3 is 6.18 Å². The molecule has 2 amide bonds. The molecule has 0 fully saturated rings. The minimum Gasteiger partial charge on any atom is -0.330 e. The molecular weight excluding hydrogens is 473 g/mol. The van der Waals surface area contributed by atoms with Gasteiger partial charge in [0.05, 0.1) is 11.6 Å².